The molecule has 9 heteroatoms. The quantitative estimate of drug-likeness (QED) is 0.370. The van der Waals surface area contributed by atoms with Crippen LogP contribution in [0.25, 0.3) is 0 Å². The Hall–Kier alpha value is -3.17. The van der Waals surface area contributed by atoms with Gasteiger partial charge in [0.15, 0.2) is 0 Å². The van der Waals surface area contributed by atoms with Crippen LogP contribution in [0.1, 0.15) is 30.5 Å². The monoisotopic (exact) mass is 585 g/mol. The van der Waals surface area contributed by atoms with Crippen molar-refractivity contribution in [2.24, 2.45) is 0 Å². The molecule has 0 saturated carbocycles. The smallest absolute Gasteiger partial charge is 0.264 e. The first-order valence-corrected chi connectivity index (χ1v) is 14.2. The van der Waals surface area contributed by atoms with E-state index in [1.807, 2.05) is 38.1 Å². The van der Waals surface area contributed by atoms with E-state index in [0.717, 1.165) is 25.5 Å². The van der Waals surface area contributed by atoms with Crippen molar-refractivity contribution in [2.75, 3.05) is 17.4 Å². The van der Waals surface area contributed by atoms with Gasteiger partial charge in [0.2, 0.25) is 11.8 Å². The largest absolute Gasteiger partial charge is 0.355 e. The molecule has 1 unspecified atom stereocenters. The molecule has 0 heterocycles. The van der Waals surface area contributed by atoms with Gasteiger partial charge in [-0.25, -0.2) is 8.42 Å². The summed E-state index contributed by atoms with van der Waals surface area (Å²) >= 11 is 3.41. The SMILES string of the molecule is CCNC(=O)C(C)N(Cc1ccc(Br)cc1)C(=O)CN(c1ccc(C)cc1)S(=O)(=O)c1ccc(C)cc1. The third-order valence-electron chi connectivity index (χ3n) is 5.99. The summed E-state index contributed by atoms with van der Waals surface area (Å²) in [7, 11) is -4.07. The van der Waals surface area contributed by atoms with Gasteiger partial charge in [0.1, 0.15) is 12.6 Å². The average molecular weight is 587 g/mol. The van der Waals surface area contributed by atoms with Crippen molar-refractivity contribution in [1.82, 2.24) is 10.2 Å². The van der Waals surface area contributed by atoms with E-state index in [0.29, 0.717) is 12.2 Å². The Kier molecular flexibility index (Phi) is 9.50. The van der Waals surface area contributed by atoms with Gasteiger partial charge in [-0.2, -0.15) is 0 Å². The Balaban J connectivity index is 2.01. The van der Waals surface area contributed by atoms with E-state index in [1.165, 1.54) is 17.0 Å². The predicted molar refractivity (Wildman–Crippen MR) is 150 cm³/mol. The maximum absolute atomic E-state index is 13.8. The molecule has 0 saturated heterocycles. The van der Waals surface area contributed by atoms with Crippen LogP contribution in [0.3, 0.4) is 0 Å². The number of benzene rings is 3. The predicted octanol–water partition coefficient (Wildman–Crippen LogP) is 4.81. The van der Waals surface area contributed by atoms with Crippen LogP contribution in [0, 0.1) is 13.8 Å². The number of nitrogens with one attached hydrogen (secondary N) is 1. The molecule has 1 atom stereocenters. The summed E-state index contributed by atoms with van der Waals surface area (Å²) in [5.41, 5.74) is 3.07. The third kappa shape index (κ3) is 7.20. The third-order valence-corrected chi connectivity index (χ3v) is 8.31. The van der Waals surface area contributed by atoms with Gasteiger partial charge < -0.3 is 10.2 Å². The summed E-state index contributed by atoms with van der Waals surface area (Å²) in [5.74, 6) is -0.797. The van der Waals surface area contributed by atoms with E-state index in [9.17, 15) is 18.0 Å². The molecule has 196 valence electrons. The zero-order valence-electron chi connectivity index (χ0n) is 21.4. The van der Waals surface area contributed by atoms with Gasteiger partial charge in [-0.05, 0) is 69.7 Å². The second kappa shape index (κ2) is 12.4. The number of likely N-dealkylation sites (N-methyl/N-ethyl adjacent to an activating group) is 1. The molecule has 3 rings (SSSR count). The average Bonchev–Trinajstić information content (AvgIpc) is 2.87. The number of rotatable bonds is 10. The van der Waals surface area contributed by atoms with Crippen LogP contribution in [0.4, 0.5) is 5.69 Å². The van der Waals surface area contributed by atoms with Crippen molar-refractivity contribution in [3.8, 4) is 0 Å². The van der Waals surface area contributed by atoms with Crippen LogP contribution >= 0.6 is 15.9 Å². The van der Waals surface area contributed by atoms with Crippen LogP contribution < -0.4 is 9.62 Å². The molecule has 37 heavy (non-hydrogen) atoms. The fourth-order valence-corrected chi connectivity index (χ4v) is 5.45. The molecule has 0 aliphatic rings. The first-order valence-electron chi connectivity index (χ1n) is 12.0. The van der Waals surface area contributed by atoms with Crippen LogP contribution in [-0.2, 0) is 26.2 Å². The molecule has 0 radical (unpaired) electrons. The van der Waals surface area contributed by atoms with Gasteiger partial charge >= 0.3 is 0 Å². The minimum Gasteiger partial charge on any atom is -0.355 e. The van der Waals surface area contributed by atoms with Crippen LogP contribution in [0.2, 0.25) is 0 Å². The van der Waals surface area contributed by atoms with Crippen LogP contribution in [0.15, 0.2) is 82.2 Å². The van der Waals surface area contributed by atoms with Gasteiger partial charge in [0.25, 0.3) is 10.0 Å². The molecular formula is C28H32BrN3O4S. The van der Waals surface area contributed by atoms with Gasteiger partial charge in [0.05, 0.1) is 10.6 Å². The number of carbonyl (C=O) groups is 2. The number of sulfonamides is 1. The molecule has 3 aromatic carbocycles. The molecule has 0 aromatic heterocycles. The fourth-order valence-electron chi connectivity index (χ4n) is 3.77. The van der Waals surface area contributed by atoms with Crippen molar-refractivity contribution >= 4 is 43.5 Å². The van der Waals surface area contributed by atoms with E-state index in [1.54, 1.807) is 50.2 Å². The molecular weight excluding hydrogens is 554 g/mol. The first kappa shape index (κ1) is 28.4. The van der Waals surface area contributed by atoms with Gasteiger partial charge in [-0.3, -0.25) is 13.9 Å². The normalized spacial score (nSPS) is 12.0. The number of amides is 2. The van der Waals surface area contributed by atoms with Gasteiger partial charge in [-0.15, -0.1) is 0 Å². The van der Waals surface area contributed by atoms with Crippen molar-refractivity contribution in [3.05, 3.63) is 94.0 Å². The lowest BCUT2D eigenvalue weighted by molar-refractivity contribution is -0.139. The lowest BCUT2D eigenvalue weighted by Crippen LogP contribution is -2.51. The number of anilines is 1. The highest BCUT2D eigenvalue weighted by Crippen LogP contribution is 2.25. The van der Waals surface area contributed by atoms with Crippen molar-refractivity contribution in [3.63, 3.8) is 0 Å². The number of carbonyl (C=O) groups excluding carboxylic acids is 2. The molecule has 3 aromatic rings. The zero-order valence-corrected chi connectivity index (χ0v) is 23.8. The van der Waals surface area contributed by atoms with Gasteiger partial charge in [-0.1, -0.05) is 63.5 Å². The lowest BCUT2D eigenvalue weighted by atomic mass is 10.1. The second-order valence-corrected chi connectivity index (χ2v) is 11.7. The number of hydrogen-bond acceptors (Lipinski definition) is 4. The minimum absolute atomic E-state index is 0.0858. The Morgan fingerprint density at radius 1 is 0.892 bits per heavy atom. The summed E-state index contributed by atoms with van der Waals surface area (Å²) in [4.78, 5) is 28.0. The highest BCUT2D eigenvalue weighted by Gasteiger charge is 2.32. The molecule has 1 N–H and O–H groups in total. The van der Waals surface area contributed by atoms with E-state index in [-0.39, 0.29) is 17.3 Å². The minimum atomic E-state index is -4.07. The standard InChI is InChI=1S/C28H32BrN3O4S/c1-5-30-28(34)22(4)31(18-23-10-12-24(29)13-11-23)27(33)19-32(25-14-6-20(2)7-15-25)37(35,36)26-16-8-21(3)9-17-26/h6-17,22H,5,18-19H2,1-4H3,(H,30,34). The molecule has 0 spiro atoms. The molecule has 2 amide bonds. The second-order valence-electron chi connectivity index (χ2n) is 8.88. The summed E-state index contributed by atoms with van der Waals surface area (Å²) in [6, 6.07) is 20.1. The first-order chi connectivity index (χ1) is 17.5. The number of nitrogens with zero attached hydrogens (tertiary/aromatic N) is 2. The zero-order chi connectivity index (χ0) is 27.2. The number of aryl methyl sites for hydroxylation is 2. The number of halogens is 1. The Labute approximate surface area is 227 Å². The molecule has 7 nitrogen and oxygen atoms in total. The van der Waals surface area contributed by atoms with Crippen molar-refractivity contribution < 1.29 is 18.0 Å². The highest BCUT2D eigenvalue weighted by atomic mass is 79.9. The Morgan fingerprint density at radius 2 is 1.43 bits per heavy atom. The summed E-state index contributed by atoms with van der Waals surface area (Å²) in [6.07, 6.45) is 0. The van der Waals surface area contributed by atoms with Crippen LogP contribution in [0.5, 0.6) is 0 Å². The maximum atomic E-state index is 13.8. The fraction of sp³-hybridized carbons (Fsp3) is 0.286. The van der Waals surface area contributed by atoms with Gasteiger partial charge in [0, 0.05) is 17.6 Å². The Morgan fingerprint density at radius 3 is 1.97 bits per heavy atom. The highest BCUT2D eigenvalue weighted by molar-refractivity contribution is 9.10. The molecule has 0 aliphatic carbocycles. The molecule has 0 aliphatic heterocycles. The summed E-state index contributed by atoms with van der Waals surface area (Å²) in [5, 5.41) is 2.76. The molecule has 0 bridgehead atoms. The topological polar surface area (TPSA) is 86.8 Å². The number of hydrogen-bond donors (Lipinski definition) is 1. The van der Waals surface area contributed by atoms with E-state index < -0.39 is 28.5 Å². The van der Waals surface area contributed by atoms with Crippen LogP contribution in [-0.4, -0.2) is 44.3 Å². The van der Waals surface area contributed by atoms with Crippen molar-refractivity contribution in [2.45, 2.75) is 45.2 Å². The molecule has 0 fully saturated rings. The lowest BCUT2D eigenvalue weighted by Gasteiger charge is -2.32. The van der Waals surface area contributed by atoms with Crippen molar-refractivity contribution in [1.29, 1.82) is 0 Å². The van der Waals surface area contributed by atoms with E-state index in [4.69, 9.17) is 0 Å². The summed E-state index contributed by atoms with van der Waals surface area (Å²) in [6.45, 7) is 7.34. The van der Waals surface area contributed by atoms with E-state index >= 15 is 0 Å². The Bertz CT molecular complexity index is 1330. The summed E-state index contributed by atoms with van der Waals surface area (Å²) < 4.78 is 29.5. The van der Waals surface area contributed by atoms with E-state index in [2.05, 4.69) is 21.2 Å². The maximum Gasteiger partial charge on any atom is 0.264 e.